The lowest BCUT2D eigenvalue weighted by atomic mass is 10.0. The van der Waals surface area contributed by atoms with Crippen molar-refractivity contribution in [3.8, 4) is 0 Å². The number of para-hydroxylation sites is 1. The van der Waals surface area contributed by atoms with E-state index in [9.17, 15) is 4.79 Å². The van der Waals surface area contributed by atoms with Gasteiger partial charge in [-0.25, -0.2) is 9.78 Å². The third-order valence-electron chi connectivity index (χ3n) is 4.09. The minimum atomic E-state index is -0.608. The summed E-state index contributed by atoms with van der Waals surface area (Å²) in [4.78, 5) is 18.6. The highest BCUT2D eigenvalue weighted by atomic mass is 16.2. The maximum atomic E-state index is 11.2. The lowest BCUT2D eigenvalue weighted by molar-refractivity contribution is 0.259. The van der Waals surface area contributed by atoms with E-state index >= 15 is 0 Å². The molecule has 0 fully saturated rings. The van der Waals surface area contributed by atoms with Crippen molar-refractivity contribution in [3.05, 3.63) is 47.8 Å². The number of fused-ring (bicyclic) bond motifs is 2. The summed E-state index contributed by atoms with van der Waals surface area (Å²) in [5, 5.41) is 6.78. The lowest BCUT2D eigenvalue weighted by Gasteiger charge is -2.05. The number of primary amides is 1. The molecule has 7 heteroatoms. The zero-order chi connectivity index (χ0) is 16.7. The van der Waals surface area contributed by atoms with Gasteiger partial charge in [0.25, 0.3) is 0 Å². The van der Waals surface area contributed by atoms with Gasteiger partial charge >= 0.3 is 6.03 Å². The highest BCUT2D eigenvalue weighted by molar-refractivity contribution is 6.06. The Balaban J connectivity index is 1.85. The van der Waals surface area contributed by atoms with Crippen LogP contribution in [-0.4, -0.2) is 22.5 Å². The third-order valence-corrected chi connectivity index (χ3v) is 4.09. The van der Waals surface area contributed by atoms with Gasteiger partial charge in [-0.3, -0.25) is 0 Å². The number of carbonyl (C=O) groups is 1. The summed E-state index contributed by atoms with van der Waals surface area (Å²) in [6, 6.07) is 6.96. The molecule has 120 valence electrons. The first-order valence-corrected chi connectivity index (χ1v) is 7.49. The number of carbonyl (C=O) groups excluding carboxylic acids is 1. The van der Waals surface area contributed by atoms with Crippen LogP contribution in [0.15, 0.2) is 36.7 Å². The number of aromatic nitrogens is 2. The molecule has 3 heterocycles. The van der Waals surface area contributed by atoms with Crippen molar-refractivity contribution >= 4 is 45.8 Å². The van der Waals surface area contributed by atoms with E-state index < -0.39 is 6.03 Å². The molecule has 0 saturated carbocycles. The van der Waals surface area contributed by atoms with Gasteiger partial charge in [0.15, 0.2) is 0 Å². The fourth-order valence-electron chi connectivity index (χ4n) is 3.06. The Kier molecular flexibility index (Phi) is 3.13. The molecule has 0 radical (unpaired) electrons. The van der Waals surface area contributed by atoms with E-state index in [4.69, 9.17) is 11.5 Å². The molecule has 0 unspecified atom stereocenters. The molecule has 2 aromatic heterocycles. The van der Waals surface area contributed by atoms with Crippen LogP contribution in [0.25, 0.3) is 22.7 Å². The van der Waals surface area contributed by atoms with E-state index in [0.29, 0.717) is 17.9 Å². The molecule has 1 aliphatic heterocycles. The smallest absolute Gasteiger partial charge is 0.316 e. The minimum absolute atomic E-state index is 0.608. The summed E-state index contributed by atoms with van der Waals surface area (Å²) in [6.07, 6.45) is 5.54. The number of benzene rings is 1. The van der Waals surface area contributed by atoms with E-state index in [2.05, 4.69) is 26.7 Å². The third kappa shape index (κ3) is 2.23. The van der Waals surface area contributed by atoms with Crippen LogP contribution in [0.5, 0.6) is 0 Å². The first kappa shape index (κ1) is 14.1. The molecule has 0 saturated heterocycles. The fraction of sp³-hybridized carbons (Fsp3) is 0.0588. The lowest BCUT2D eigenvalue weighted by Crippen LogP contribution is -2.19. The summed E-state index contributed by atoms with van der Waals surface area (Å²) in [6.45, 7) is 0.690. The SMILES string of the molecule is NC(=O)Nc1ccnc2[nH]cc(C=C3CNc4c(N)cccc43)c12. The van der Waals surface area contributed by atoms with Gasteiger partial charge < -0.3 is 27.1 Å². The first-order chi connectivity index (χ1) is 11.6. The summed E-state index contributed by atoms with van der Waals surface area (Å²) >= 11 is 0. The minimum Gasteiger partial charge on any atom is -0.397 e. The number of rotatable bonds is 2. The Labute approximate surface area is 137 Å². The number of pyridine rings is 1. The standard InChI is InChI=1S/C17H16N6O/c18-12-3-1-2-11-9(7-21-15(11)12)6-10-8-22-16-14(10)13(4-5-20-16)23-17(19)24/h1-6,8,21H,7,18H2,(H4,19,20,22,23,24). The molecule has 0 aliphatic carbocycles. The number of aromatic amines is 1. The van der Waals surface area contributed by atoms with Crippen LogP contribution in [0, 0.1) is 0 Å². The van der Waals surface area contributed by atoms with Gasteiger partial charge in [0.1, 0.15) is 5.65 Å². The van der Waals surface area contributed by atoms with Gasteiger partial charge in [-0.1, -0.05) is 12.1 Å². The van der Waals surface area contributed by atoms with Gasteiger partial charge in [0, 0.05) is 35.5 Å². The van der Waals surface area contributed by atoms with Crippen LogP contribution in [0.4, 0.5) is 21.9 Å². The van der Waals surface area contributed by atoms with Gasteiger partial charge in [-0.05, 0) is 23.8 Å². The Bertz CT molecular complexity index is 988. The average molecular weight is 320 g/mol. The van der Waals surface area contributed by atoms with Gasteiger partial charge in [0.05, 0.1) is 17.1 Å². The maximum Gasteiger partial charge on any atom is 0.316 e. The van der Waals surface area contributed by atoms with Crippen molar-refractivity contribution in [2.45, 2.75) is 0 Å². The monoisotopic (exact) mass is 320 g/mol. The summed E-state index contributed by atoms with van der Waals surface area (Å²) < 4.78 is 0. The van der Waals surface area contributed by atoms with Crippen molar-refractivity contribution in [1.82, 2.24) is 9.97 Å². The molecular weight excluding hydrogens is 304 g/mol. The van der Waals surface area contributed by atoms with E-state index in [1.54, 1.807) is 12.3 Å². The van der Waals surface area contributed by atoms with Crippen LogP contribution >= 0.6 is 0 Å². The number of nitrogen functional groups attached to an aromatic ring is 1. The molecule has 3 aromatic rings. The fourth-order valence-corrected chi connectivity index (χ4v) is 3.06. The molecule has 0 spiro atoms. The molecule has 0 atom stereocenters. The number of nitrogens with one attached hydrogen (secondary N) is 3. The molecule has 7 nitrogen and oxygen atoms in total. The van der Waals surface area contributed by atoms with Gasteiger partial charge in [-0.15, -0.1) is 0 Å². The number of H-pyrrole nitrogens is 1. The second kappa shape index (κ2) is 5.31. The number of anilines is 3. The second-order valence-corrected chi connectivity index (χ2v) is 5.61. The Morgan fingerprint density at radius 3 is 3.04 bits per heavy atom. The highest BCUT2D eigenvalue weighted by Crippen LogP contribution is 2.37. The Morgan fingerprint density at radius 1 is 1.33 bits per heavy atom. The normalized spacial score (nSPS) is 14.6. The predicted octanol–water partition coefficient (Wildman–Crippen LogP) is 2.60. The zero-order valence-corrected chi connectivity index (χ0v) is 12.8. The van der Waals surface area contributed by atoms with Crippen LogP contribution < -0.4 is 22.1 Å². The van der Waals surface area contributed by atoms with Crippen molar-refractivity contribution < 1.29 is 4.79 Å². The molecule has 0 bridgehead atoms. The van der Waals surface area contributed by atoms with Crippen LogP contribution in [0.3, 0.4) is 0 Å². The van der Waals surface area contributed by atoms with Crippen LogP contribution in [0.1, 0.15) is 11.1 Å². The predicted molar refractivity (Wildman–Crippen MR) is 96.5 cm³/mol. The Hall–Kier alpha value is -3.48. The molecule has 24 heavy (non-hydrogen) atoms. The van der Waals surface area contributed by atoms with E-state index in [1.165, 1.54) is 0 Å². The largest absolute Gasteiger partial charge is 0.397 e. The number of hydrogen-bond donors (Lipinski definition) is 5. The van der Waals surface area contributed by atoms with Crippen molar-refractivity contribution in [2.24, 2.45) is 5.73 Å². The number of nitrogens with two attached hydrogens (primary N) is 2. The highest BCUT2D eigenvalue weighted by Gasteiger charge is 2.18. The molecule has 4 rings (SSSR count). The maximum absolute atomic E-state index is 11.2. The van der Waals surface area contributed by atoms with Crippen LogP contribution in [-0.2, 0) is 0 Å². The summed E-state index contributed by atoms with van der Waals surface area (Å²) in [5.41, 5.74) is 17.4. The van der Waals surface area contributed by atoms with E-state index in [1.807, 2.05) is 24.4 Å². The van der Waals surface area contributed by atoms with Crippen molar-refractivity contribution in [3.63, 3.8) is 0 Å². The zero-order valence-electron chi connectivity index (χ0n) is 12.8. The van der Waals surface area contributed by atoms with E-state index in [0.717, 1.165) is 33.5 Å². The molecule has 1 aromatic carbocycles. The topological polar surface area (TPSA) is 122 Å². The first-order valence-electron chi connectivity index (χ1n) is 7.49. The van der Waals surface area contributed by atoms with Gasteiger partial charge in [-0.2, -0.15) is 0 Å². The number of nitrogens with zero attached hydrogens (tertiary/aromatic N) is 1. The number of amides is 2. The summed E-state index contributed by atoms with van der Waals surface area (Å²) in [7, 11) is 0. The van der Waals surface area contributed by atoms with E-state index in [-0.39, 0.29) is 0 Å². The van der Waals surface area contributed by atoms with Crippen molar-refractivity contribution in [1.29, 1.82) is 0 Å². The quantitative estimate of drug-likeness (QED) is 0.466. The number of hydrogen-bond acceptors (Lipinski definition) is 4. The molecule has 2 amide bonds. The molecule has 1 aliphatic rings. The van der Waals surface area contributed by atoms with Gasteiger partial charge in [0.2, 0.25) is 0 Å². The average Bonchev–Trinajstić information content (AvgIpc) is 3.14. The Morgan fingerprint density at radius 2 is 2.21 bits per heavy atom. The molecular formula is C17H16N6O. The number of urea groups is 1. The van der Waals surface area contributed by atoms with Crippen molar-refractivity contribution in [2.75, 3.05) is 22.9 Å². The van der Waals surface area contributed by atoms with Crippen LogP contribution in [0.2, 0.25) is 0 Å². The second-order valence-electron chi connectivity index (χ2n) is 5.61. The molecule has 7 N–H and O–H groups in total. The summed E-state index contributed by atoms with van der Waals surface area (Å²) in [5.74, 6) is 0.